The number of carbonyl (C=O) groups is 1. The van der Waals surface area contributed by atoms with Crippen molar-refractivity contribution in [3.8, 4) is 0 Å². The Bertz CT molecular complexity index is 444. The maximum absolute atomic E-state index is 12.0. The molecule has 1 spiro atoms. The van der Waals surface area contributed by atoms with Crippen LogP contribution < -0.4 is 0 Å². The summed E-state index contributed by atoms with van der Waals surface area (Å²) in [5.41, 5.74) is 0.0881. The normalized spacial score (nSPS) is 29.1. The molecular formula is C14H21N3OS. The third kappa shape index (κ3) is 2.54. The minimum atomic E-state index is 0.0881. The summed E-state index contributed by atoms with van der Waals surface area (Å²) < 4.78 is 0. The van der Waals surface area contributed by atoms with Crippen LogP contribution in [0.1, 0.15) is 37.1 Å². The fourth-order valence-electron chi connectivity index (χ4n) is 3.51. The van der Waals surface area contributed by atoms with Crippen molar-refractivity contribution in [3.63, 3.8) is 0 Å². The van der Waals surface area contributed by atoms with Gasteiger partial charge in [0.05, 0.1) is 12.1 Å². The van der Waals surface area contributed by atoms with Crippen LogP contribution in [0.15, 0.2) is 11.6 Å². The summed E-state index contributed by atoms with van der Waals surface area (Å²) in [7, 11) is 1.99. The number of aromatic nitrogens is 1. The van der Waals surface area contributed by atoms with E-state index in [1.54, 1.807) is 11.3 Å². The molecule has 0 N–H and O–H groups in total. The molecule has 0 aliphatic carbocycles. The van der Waals surface area contributed by atoms with Gasteiger partial charge in [-0.2, -0.15) is 0 Å². The number of piperidine rings is 2. The van der Waals surface area contributed by atoms with Gasteiger partial charge in [-0.3, -0.25) is 9.69 Å². The molecule has 1 atom stereocenters. The minimum absolute atomic E-state index is 0.0881. The number of likely N-dealkylation sites (N-methyl/N-ethyl adjacent to an activating group) is 1. The van der Waals surface area contributed by atoms with E-state index in [0.717, 1.165) is 45.3 Å². The van der Waals surface area contributed by atoms with E-state index in [1.165, 1.54) is 11.4 Å². The molecule has 1 aromatic rings. The first-order valence-electron chi connectivity index (χ1n) is 7.07. The van der Waals surface area contributed by atoms with Crippen molar-refractivity contribution < 1.29 is 4.79 Å². The first kappa shape index (κ1) is 13.1. The number of thiazole rings is 1. The first-order valence-corrected chi connectivity index (χ1v) is 7.95. The van der Waals surface area contributed by atoms with E-state index in [2.05, 4.69) is 9.88 Å². The molecule has 0 saturated carbocycles. The number of amides is 1. The number of nitrogens with zero attached hydrogens (tertiary/aromatic N) is 3. The zero-order chi connectivity index (χ0) is 13.3. The van der Waals surface area contributed by atoms with Gasteiger partial charge in [0.1, 0.15) is 5.01 Å². The topological polar surface area (TPSA) is 36.4 Å². The zero-order valence-corrected chi connectivity index (χ0v) is 12.3. The van der Waals surface area contributed by atoms with E-state index in [1.807, 2.05) is 23.5 Å². The Morgan fingerprint density at radius 1 is 1.42 bits per heavy atom. The van der Waals surface area contributed by atoms with Gasteiger partial charge in [0.2, 0.25) is 5.91 Å². The minimum Gasteiger partial charge on any atom is -0.339 e. The van der Waals surface area contributed by atoms with E-state index < -0.39 is 0 Å². The van der Waals surface area contributed by atoms with Gasteiger partial charge in [-0.1, -0.05) is 0 Å². The molecule has 1 aromatic heterocycles. The molecule has 0 aromatic carbocycles. The Kier molecular flexibility index (Phi) is 3.58. The molecular weight excluding hydrogens is 258 g/mol. The average Bonchev–Trinajstić information content (AvgIpc) is 2.89. The maximum Gasteiger partial charge on any atom is 0.222 e. The molecule has 3 heterocycles. The van der Waals surface area contributed by atoms with E-state index in [0.29, 0.717) is 5.91 Å². The van der Waals surface area contributed by atoms with Crippen molar-refractivity contribution in [3.05, 3.63) is 16.6 Å². The Hall–Kier alpha value is -0.940. The van der Waals surface area contributed by atoms with Gasteiger partial charge in [0, 0.05) is 31.6 Å². The molecule has 19 heavy (non-hydrogen) atoms. The SMILES string of the molecule is CN1C(=O)CCC[C@]12CCCN(Cc1nccs1)C2. The predicted octanol–water partition coefficient (Wildman–Crippen LogP) is 2.12. The van der Waals surface area contributed by atoms with Gasteiger partial charge in [-0.15, -0.1) is 11.3 Å². The Balaban J connectivity index is 1.71. The molecule has 0 bridgehead atoms. The van der Waals surface area contributed by atoms with Gasteiger partial charge >= 0.3 is 0 Å². The lowest BCUT2D eigenvalue weighted by atomic mass is 9.80. The third-order valence-electron chi connectivity index (χ3n) is 4.60. The van der Waals surface area contributed by atoms with Crippen molar-refractivity contribution in [2.24, 2.45) is 0 Å². The van der Waals surface area contributed by atoms with E-state index in [4.69, 9.17) is 0 Å². The fourth-order valence-corrected chi connectivity index (χ4v) is 4.17. The second kappa shape index (κ2) is 5.21. The van der Waals surface area contributed by atoms with Crippen LogP contribution in [0.4, 0.5) is 0 Å². The van der Waals surface area contributed by atoms with Crippen molar-refractivity contribution in [1.29, 1.82) is 0 Å². The second-order valence-corrected chi connectivity index (χ2v) is 6.75. The lowest BCUT2D eigenvalue weighted by Crippen LogP contribution is -2.60. The Morgan fingerprint density at radius 3 is 3.05 bits per heavy atom. The van der Waals surface area contributed by atoms with Crippen molar-refractivity contribution in [2.75, 3.05) is 20.1 Å². The van der Waals surface area contributed by atoms with Gasteiger partial charge in [0.15, 0.2) is 0 Å². The summed E-state index contributed by atoms with van der Waals surface area (Å²) in [5.74, 6) is 0.322. The van der Waals surface area contributed by atoms with Crippen LogP contribution in [0.25, 0.3) is 0 Å². The average molecular weight is 279 g/mol. The highest BCUT2D eigenvalue weighted by molar-refractivity contribution is 7.09. The zero-order valence-electron chi connectivity index (χ0n) is 11.5. The number of rotatable bonds is 2. The van der Waals surface area contributed by atoms with Crippen LogP contribution in [0.5, 0.6) is 0 Å². The van der Waals surface area contributed by atoms with Gasteiger partial charge in [-0.25, -0.2) is 4.98 Å². The van der Waals surface area contributed by atoms with Crippen LogP contribution in [0.3, 0.4) is 0 Å². The van der Waals surface area contributed by atoms with Crippen molar-refractivity contribution in [2.45, 2.75) is 44.2 Å². The van der Waals surface area contributed by atoms with Crippen LogP contribution in [-0.2, 0) is 11.3 Å². The standard InChI is InChI=1S/C14H21N3OS/c1-16-13(18)4-2-5-14(16)6-3-8-17(11-14)10-12-15-7-9-19-12/h7,9H,2-6,8,10-11H2,1H3/t14-/m1/s1. The van der Waals surface area contributed by atoms with Gasteiger partial charge < -0.3 is 4.90 Å². The van der Waals surface area contributed by atoms with Crippen molar-refractivity contribution in [1.82, 2.24) is 14.8 Å². The van der Waals surface area contributed by atoms with Crippen LogP contribution >= 0.6 is 11.3 Å². The monoisotopic (exact) mass is 279 g/mol. The van der Waals surface area contributed by atoms with Gasteiger partial charge in [0.25, 0.3) is 0 Å². The number of hydrogen-bond acceptors (Lipinski definition) is 4. The Labute approximate surface area is 118 Å². The molecule has 1 amide bonds. The number of hydrogen-bond donors (Lipinski definition) is 0. The van der Waals surface area contributed by atoms with Crippen LogP contribution in [0, 0.1) is 0 Å². The molecule has 2 saturated heterocycles. The first-order chi connectivity index (χ1) is 9.20. The highest BCUT2D eigenvalue weighted by Crippen LogP contribution is 2.36. The molecule has 3 rings (SSSR count). The largest absolute Gasteiger partial charge is 0.339 e. The number of likely N-dealkylation sites (tertiary alicyclic amines) is 2. The summed E-state index contributed by atoms with van der Waals surface area (Å²) in [4.78, 5) is 20.9. The summed E-state index contributed by atoms with van der Waals surface area (Å²) in [5, 5.41) is 3.22. The lowest BCUT2D eigenvalue weighted by Gasteiger charge is -2.50. The summed E-state index contributed by atoms with van der Waals surface area (Å²) in [6, 6.07) is 0. The highest BCUT2D eigenvalue weighted by Gasteiger charge is 2.43. The molecule has 4 nitrogen and oxygen atoms in total. The summed E-state index contributed by atoms with van der Waals surface area (Å²) >= 11 is 1.72. The van der Waals surface area contributed by atoms with Crippen molar-refractivity contribution >= 4 is 17.2 Å². The lowest BCUT2D eigenvalue weighted by molar-refractivity contribution is -0.142. The molecule has 2 aliphatic heterocycles. The van der Waals surface area contributed by atoms with Gasteiger partial charge in [-0.05, 0) is 32.2 Å². The van der Waals surface area contributed by atoms with Crippen LogP contribution in [0.2, 0.25) is 0 Å². The molecule has 104 valence electrons. The van der Waals surface area contributed by atoms with E-state index >= 15 is 0 Å². The van der Waals surface area contributed by atoms with E-state index in [-0.39, 0.29) is 5.54 Å². The maximum atomic E-state index is 12.0. The second-order valence-electron chi connectivity index (χ2n) is 5.77. The smallest absolute Gasteiger partial charge is 0.222 e. The quantitative estimate of drug-likeness (QED) is 0.832. The molecule has 0 unspecified atom stereocenters. The van der Waals surface area contributed by atoms with E-state index in [9.17, 15) is 4.79 Å². The third-order valence-corrected chi connectivity index (χ3v) is 5.36. The molecule has 2 aliphatic rings. The highest BCUT2D eigenvalue weighted by atomic mass is 32.1. The predicted molar refractivity (Wildman–Crippen MR) is 76.0 cm³/mol. The molecule has 5 heteroatoms. The number of carbonyl (C=O) groups excluding carboxylic acids is 1. The fraction of sp³-hybridized carbons (Fsp3) is 0.714. The molecule has 2 fully saturated rings. The Morgan fingerprint density at radius 2 is 2.26 bits per heavy atom. The van der Waals surface area contributed by atoms with Crippen LogP contribution in [-0.4, -0.2) is 46.4 Å². The summed E-state index contributed by atoms with van der Waals surface area (Å²) in [6.07, 6.45) is 7.14. The molecule has 0 radical (unpaired) electrons. The summed E-state index contributed by atoms with van der Waals surface area (Å²) in [6.45, 7) is 3.07.